The van der Waals surface area contributed by atoms with Crippen LogP contribution in [0.5, 0.6) is 0 Å². The fraction of sp³-hybridized carbons (Fsp3) is 0.680. The third-order valence-electron chi connectivity index (χ3n) is 12.3. The first-order valence-corrected chi connectivity index (χ1v) is 27.3. The molecule has 1 rings (SSSR count). The van der Waals surface area contributed by atoms with E-state index in [0.717, 1.165) is 0 Å². The van der Waals surface area contributed by atoms with Crippen LogP contribution >= 0.6 is 0 Å². The van der Waals surface area contributed by atoms with E-state index in [1.54, 1.807) is 27.7 Å². The summed E-state index contributed by atoms with van der Waals surface area (Å²) < 4.78 is 0. The van der Waals surface area contributed by atoms with Gasteiger partial charge in [0.1, 0.15) is 48.3 Å². The molecule has 1 heterocycles. The number of carboxylic acid groups (broad SMARTS) is 2. The van der Waals surface area contributed by atoms with Gasteiger partial charge < -0.3 is 103 Å². The van der Waals surface area contributed by atoms with Crippen LogP contribution in [-0.4, -0.2) is 197 Å². The number of nitrogens with one attached hydrogen (secondary N) is 9. The smallest absolute Gasteiger partial charge is 0.326 e. The minimum Gasteiger partial charge on any atom is -0.481 e. The van der Waals surface area contributed by atoms with Gasteiger partial charge in [-0.1, -0.05) is 27.7 Å². The molecule has 33 nitrogen and oxygen atoms in total. The number of rotatable bonds is 41. The number of imidazole rings is 1. The van der Waals surface area contributed by atoms with Crippen molar-refractivity contribution in [2.45, 2.75) is 166 Å². The number of carbonyl (C=O) groups excluding carboxylic acids is 8. The number of nitrogens with two attached hydrogens (primary N) is 7. The molecule has 0 aliphatic rings. The lowest BCUT2D eigenvalue weighted by Gasteiger charge is -2.29. The predicted molar refractivity (Wildman–Crippen MR) is 308 cm³/mol. The fourth-order valence-electron chi connectivity index (χ4n) is 7.98. The Labute approximate surface area is 482 Å². The Balaban J connectivity index is 3.69. The van der Waals surface area contributed by atoms with Gasteiger partial charge in [0.15, 0.2) is 17.9 Å². The van der Waals surface area contributed by atoms with Gasteiger partial charge in [-0.2, -0.15) is 0 Å². The van der Waals surface area contributed by atoms with Gasteiger partial charge in [0.2, 0.25) is 47.3 Å². The summed E-state index contributed by atoms with van der Waals surface area (Å²) in [6.07, 6.45) is 2.91. The Bertz CT molecular complexity index is 2350. The summed E-state index contributed by atoms with van der Waals surface area (Å²) >= 11 is 0. The van der Waals surface area contributed by atoms with Gasteiger partial charge in [0.25, 0.3) is 0 Å². The minimum atomic E-state index is -1.85. The van der Waals surface area contributed by atoms with Crippen molar-refractivity contribution in [2.24, 2.45) is 66.9 Å². The summed E-state index contributed by atoms with van der Waals surface area (Å²) in [4.78, 5) is 156. The van der Waals surface area contributed by atoms with Crippen LogP contribution in [0.3, 0.4) is 0 Å². The van der Waals surface area contributed by atoms with Crippen molar-refractivity contribution in [3.05, 3.63) is 18.2 Å². The lowest BCUT2D eigenvalue weighted by molar-refractivity contribution is -0.147. The zero-order valence-electron chi connectivity index (χ0n) is 48.6. The number of aromatic amines is 1. The molecule has 0 saturated carbocycles. The molecule has 0 aliphatic heterocycles. The lowest BCUT2D eigenvalue weighted by Crippen LogP contribution is -2.61. The third kappa shape index (κ3) is 30.9. The van der Waals surface area contributed by atoms with Gasteiger partial charge in [-0.3, -0.25) is 58.1 Å². The van der Waals surface area contributed by atoms with Gasteiger partial charge >= 0.3 is 11.9 Å². The van der Waals surface area contributed by atoms with Crippen molar-refractivity contribution in [1.82, 2.24) is 57.4 Å². The van der Waals surface area contributed by atoms with Crippen LogP contribution in [0.15, 0.2) is 27.5 Å². The van der Waals surface area contributed by atoms with Crippen LogP contribution in [0, 0.1) is 11.8 Å². The summed E-state index contributed by atoms with van der Waals surface area (Å²) in [7, 11) is 3.71. The number of hydrogen-bond acceptors (Lipinski definition) is 16. The van der Waals surface area contributed by atoms with E-state index in [-0.39, 0.29) is 101 Å². The van der Waals surface area contributed by atoms with Crippen LogP contribution < -0.4 is 82.7 Å². The average Bonchev–Trinajstić information content (AvgIpc) is 4.06. The van der Waals surface area contributed by atoms with Crippen LogP contribution in [0.2, 0.25) is 0 Å². The fourth-order valence-corrected chi connectivity index (χ4v) is 7.98. The largest absolute Gasteiger partial charge is 0.481 e. The predicted octanol–water partition coefficient (Wildman–Crippen LogP) is -5.67. The second kappa shape index (κ2) is 38.4. The van der Waals surface area contributed by atoms with E-state index in [9.17, 15) is 58.2 Å². The maximum atomic E-state index is 14.6. The van der Waals surface area contributed by atoms with Gasteiger partial charge in [0.05, 0.1) is 18.8 Å². The minimum absolute atomic E-state index is 0.00415. The molecule has 8 amide bonds. The van der Waals surface area contributed by atoms with Gasteiger partial charge in [0, 0.05) is 37.9 Å². The molecule has 0 aromatic carbocycles. The Morgan fingerprint density at radius 2 is 0.916 bits per heavy atom. The number of guanidine groups is 3. The number of aromatic nitrogens is 2. The molecule has 0 saturated heterocycles. The zero-order valence-corrected chi connectivity index (χ0v) is 48.6. The average molecular weight is 1180 g/mol. The molecule has 1 aromatic heterocycles. The van der Waals surface area contributed by atoms with E-state index in [1.807, 2.05) is 19.0 Å². The van der Waals surface area contributed by atoms with Crippen LogP contribution in [-0.2, 0) is 54.4 Å². The number of amides is 8. The molecule has 0 fully saturated rings. The summed E-state index contributed by atoms with van der Waals surface area (Å²) in [5, 5.41) is 39.6. The molecule has 0 aliphatic carbocycles. The topological polar surface area (TPSA) is 559 Å². The van der Waals surface area contributed by atoms with E-state index in [4.69, 9.17) is 40.1 Å². The van der Waals surface area contributed by atoms with Crippen LogP contribution in [0.25, 0.3) is 0 Å². The van der Waals surface area contributed by atoms with Crippen molar-refractivity contribution in [3.8, 4) is 0 Å². The summed E-state index contributed by atoms with van der Waals surface area (Å²) in [6.45, 7) is 8.94. The van der Waals surface area contributed by atoms with Crippen molar-refractivity contribution >= 4 is 77.1 Å². The second-order valence-electron chi connectivity index (χ2n) is 20.9. The molecule has 83 heavy (non-hydrogen) atoms. The number of H-pyrrole nitrogens is 1. The summed E-state index contributed by atoms with van der Waals surface area (Å²) in [6, 6.07) is -12.3. The molecule has 9 atom stereocenters. The Morgan fingerprint density at radius 1 is 0.530 bits per heavy atom. The van der Waals surface area contributed by atoms with E-state index in [0.29, 0.717) is 25.1 Å². The van der Waals surface area contributed by atoms with Crippen LogP contribution in [0.4, 0.5) is 0 Å². The van der Waals surface area contributed by atoms with Gasteiger partial charge in [-0.15, -0.1) is 0 Å². The number of carbonyl (C=O) groups is 10. The zero-order chi connectivity index (χ0) is 62.9. The van der Waals surface area contributed by atoms with E-state index in [2.05, 4.69) is 67.5 Å². The van der Waals surface area contributed by atoms with Crippen LogP contribution in [0.1, 0.15) is 111 Å². The molecule has 1 aromatic rings. The molecule has 0 radical (unpaired) electrons. The molecular formula is C50H91N21O12. The maximum absolute atomic E-state index is 14.6. The number of hydrogen-bond donors (Lipinski definition) is 18. The van der Waals surface area contributed by atoms with Gasteiger partial charge in [-0.05, 0) is 104 Å². The maximum Gasteiger partial charge on any atom is 0.326 e. The lowest BCUT2D eigenvalue weighted by atomic mass is 9.98. The molecule has 0 unspecified atom stereocenters. The second-order valence-corrected chi connectivity index (χ2v) is 20.9. The number of unbranched alkanes of at least 4 members (excludes halogenated alkanes) is 1. The highest BCUT2D eigenvalue weighted by atomic mass is 16.4. The highest BCUT2D eigenvalue weighted by Gasteiger charge is 2.36. The molecule has 468 valence electrons. The number of aliphatic imine (C=N–C) groups is 3. The molecule has 33 heteroatoms. The Kier molecular flexibility index (Phi) is 33.6. The van der Waals surface area contributed by atoms with Gasteiger partial charge in [-0.25, -0.2) is 9.78 Å². The van der Waals surface area contributed by atoms with Crippen molar-refractivity contribution in [2.75, 3.05) is 40.3 Å². The Hall–Kier alpha value is -8.36. The molecule has 0 bridgehead atoms. The first kappa shape index (κ1) is 72.7. The Morgan fingerprint density at radius 3 is 1.29 bits per heavy atom. The summed E-state index contributed by atoms with van der Waals surface area (Å²) in [5.41, 5.74) is 39.1. The molecule has 25 N–H and O–H groups in total. The van der Waals surface area contributed by atoms with E-state index >= 15 is 0 Å². The number of nitrogens with zero attached hydrogens (tertiary/aromatic N) is 5. The molecule has 0 spiro atoms. The normalized spacial score (nSPS) is 14.3. The monoisotopic (exact) mass is 1180 g/mol. The SMILES string of the molecule is CC(C)C[C@H](NC(=O)[C@@H](NC(=O)[C@H](CCCCN(C)C)NC(=O)[C@H](CCCN=C(N)N)NC(=O)[C@H](Cc1cnc[nH]1)NC(=O)[C@H](CCCN=C(N)N)NC(=O)[C@H](C)N)C(C)C)C(=O)N[C@@H](CCCN=C(N)N)C(=O)N[C@@H](CC(=O)O)C(=O)O. The number of carboxylic acids is 2. The summed E-state index contributed by atoms with van der Waals surface area (Å²) in [5.74, 6) is -11.4. The highest BCUT2D eigenvalue weighted by Crippen LogP contribution is 2.13. The highest BCUT2D eigenvalue weighted by molar-refractivity contribution is 5.98. The first-order chi connectivity index (χ1) is 38.9. The standard InChI is InChI=1S/C50H91N21O12/c1-26(2)21-34(44(79)65-33(16-12-19-61-50(56)57)42(77)69-36(47(82)83)23-37(72)73)68-46(81)38(27(3)4)70-43(78)30(13-8-9-20-71(6)7)64-40(75)32(15-11-18-60-49(54)55)66-45(80)35(22-29-24-58-25-62-29)67-41(76)31(63-39(74)28(5)51)14-10-17-59-48(52)53/h24-28,30-36,38H,8-23,51H2,1-7H3,(H,58,62)(H,63,74)(H,64,75)(H,65,79)(H,66,80)(H,67,76)(H,68,81)(H,69,77)(H,70,78)(H,72,73)(H,82,83)(H4,52,53,59)(H4,54,55,60)(H4,56,57,61)/t28-,30-,31-,32-,33-,34-,35-,36-,38-/m0/s1. The molecular weight excluding hydrogens is 1090 g/mol. The first-order valence-electron chi connectivity index (χ1n) is 27.3. The quantitative estimate of drug-likeness (QED) is 0.0165. The van der Waals surface area contributed by atoms with Crippen molar-refractivity contribution in [3.63, 3.8) is 0 Å². The third-order valence-corrected chi connectivity index (χ3v) is 12.3. The van der Waals surface area contributed by atoms with Crippen molar-refractivity contribution < 1.29 is 58.2 Å². The van der Waals surface area contributed by atoms with E-state index < -0.39 is 126 Å². The number of aliphatic carboxylic acids is 2. The van der Waals surface area contributed by atoms with E-state index in [1.165, 1.54) is 19.4 Å². The van der Waals surface area contributed by atoms with Crippen molar-refractivity contribution in [1.29, 1.82) is 0 Å².